The van der Waals surface area contributed by atoms with Gasteiger partial charge >= 0.3 is 5.97 Å². The fourth-order valence-electron chi connectivity index (χ4n) is 1.73. The summed E-state index contributed by atoms with van der Waals surface area (Å²) in [6, 6.07) is 8.40. The van der Waals surface area contributed by atoms with E-state index < -0.39 is 0 Å². The first-order chi connectivity index (χ1) is 8.20. The number of nitrogens with zero attached hydrogens (tertiary/aromatic N) is 1. The molecule has 0 bridgehead atoms. The third-order valence-electron chi connectivity index (χ3n) is 2.62. The van der Waals surface area contributed by atoms with Crippen molar-refractivity contribution in [1.29, 1.82) is 0 Å². The van der Waals surface area contributed by atoms with Crippen molar-refractivity contribution < 1.29 is 9.53 Å². The highest BCUT2D eigenvalue weighted by Gasteiger charge is 2.02. The van der Waals surface area contributed by atoms with Crippen molar-refractivity contribution in [1.82, 2.24) is 4.57 Å². The molecule has 2 rings (SSSR count). The molecular weight excluding hydrogens is 329 g/mol. The second-order valence-electron chi connectivity index (χ2n) is 3.79. The molecule has 0 N–H and O–H groups in total. The smallest absolute Gasteiger partial charge is 0.305 e. The van der Waals surface area contributed by atoms with Crippen molar-refractivity contribution in [2.24, 2.45) is 0 Å². The monoisotopic (exact) mass is 343 g/mol. The maximum absolute atomic E-state index is 11.0. The Kier molecular flexibility index (Phi) is 4.04. The average Bonchev–Trinajstić information content (AvgIpc) is 2.71. The van der Waals surface area contributed by atoms with Crippen LogP contribution in [0.5, 0.6) is 0 Å². The van der Waals surface area contributed by atoms with Crippen LogP contribution in [0.4, 0.5) is 0 Å². The van der Waals surface area contributed by atoms with Crippen molar-refractivity contribution in [2.45, 2.75) is 19.9 Å². The van der Waals surface area contributed by atoms with Crippen LogP contribution in [0.3, 0.4) is 0 Å². The Morgan fingerprint density at radius 2 is 2.24 bits per heavy atom. The van der Waals surface area contributed by atoms with Gasteiger partial charge in [-0.05, 0) is 46.9 Å². The summed E-state index contributed by atoms with van der Waals surface area (Å²) in [5.74, 6) is -0.143. The molecule has 3 nitrogen and oxygen atoms in total. The van der Waals surface area contributed by atoms with E-state index >= 15 is 0 Å². The summed E-state index contributed by atoms with van der Waals surface area (Å²) in [5.41, 5.74) is 1.18. The highest BCUT2D eigenvalue weighted by Crippen LogP contribution is 2.18. The normalized spacial score (nSPS) is 10.7. The Labute approximate surface area is 114 Å². The zero-order chi connectivity index (χ0) is 12.3. The number of carbonyl (C=O) groups excluding carboxylic acids is 1. The molecule has 0 aliphatic heterocycles. The molecule has 0 spiro atoms. The van der Waals surface area contributed by atoms with Crippen LogP contribution in [-0.2, 0) is 16.1 Å². The molecule has 2 aromatic rings. The van der Waals surface area contributed by atoms with Gasteiger partial charge in [-0.2, -0.15) is 0 Å². The SMILES string of the molecule is CCC(=O)OCCn1ccc2cc(I)ccc21. The van der Waals surface area contributed by atoms with Gasteiger partial charge in [0.15, 0.2) is 0 Å². The van der Waals surface area contributed by atoms with E-state index in [1.54, 1.807) is 6.92 Å². The summed E-state index contributed by atoms with van der Waals surface area (Å²) in [7, 11) is 0. The molecule has 1 aromatic heterocycles. The lowest BCUT2D eigenvalue weighted by molar-refractivity contribution is -0.143. The van der Waals surface area contributed by atoms with Gasteiger partial charge in [0, 0.05) is 27.1 Å². The molecule has 1 heterocycles. The number of halogens is 1. The van der Waals surface area contributed by atoms with E-state index in [9.17, 15) is 4.79 Å². The molecule has 90 valence electrons. The van der Waals surface area contributed by atoms with Crippen molar-refractivity contribution in [2.75, 3.05) is 6.61 Å². The highest BCUT2D eigenvalue weighted by molar-refractivity contribution is 14.1. The molecule has 0 aliphatic rings. The summed E-state index contributed by atoms with van der Waals surface area (Å²) < 4.78 is 8.41. The fraction of sp³-hybridized carbons (Fsp3) is 0.308. The van der Waals surface area contributed by atoms with Crippen LogP contribution in [0.2, 0.25) is 0 Å². The van der Waals surface area contributed by atoms with Crippen LogP contribution in [0.15, 0.2) is 30.5 Å². The van der Waals surface area contributed by atoms with Crippen LogP contribution >= 0.6 is 22.6 Å². The highest BCUT2D eigenvalue weighted by atomic mass is 127. The van der Waals surface area contributed by atoms with Crippen molar-refractivity contribution in [3.8, 4) is 0 Å². The molecule has 17 heavy (non-hydrogen) atoms. The van der Waals surface area contributed by atoms with Crippen LogP contribution in [0.1, 0.15) is 13.3 Å². The predicted molar refractivity (Wildman–Crippen MR) is 75.9 cm³/mol. The standard InChI is InChI=1S/C13H14INO2/c1-2-13(16)17-8-7-15-6-5-10-9-11(14)3-4-12(10)15/h3-6,9H,2,7-8H2,1H3. The molecule has 0 atom stereocenters. The summed E-state index contributed by atoms with van der Waals surface area (Å²) >= 11 is 2.30. The number of ether oxygens (including phenoxy) is 1. The molecular formula is C13H14INO2. The minimum Gasteiger partial charge on any atom is -0.464 e. The predicted octanol–water partition coefficient (Wildman–Crippen LogP) is 3.20. The first kappa shape index (κ1) is 12.4. The van der Waals surface area contributed by atoms with Gasteiger partial charge in [0.1, 0.15) is 6.61 Å². The third kappa shape index (κ3) is 3.00. The molecule has 0 unspecified atom stereocenters. The molecule has 1 aromatic carbocycles. The molecule has 0 aliphatic carbocycles. The van der Waals surface area contributed by atoms with E-state index in [-0.39, 0.29) is 5.97 Å². The largest absolute Gasteiger partial charge is 0.464 e. The van der Waals surface area contributed by atoms with E-state index in [1.807, 2.05) is 6.20 Å². The number of benzene rings is 1. The number of aromatic nitrogens is 1. The number of rotatable bonds is 4. The first-order valence-electron chi connectivity index (χ1n) is 5.60. The second kappa shape index (κ2) is 5.53. The fourth-order valence-corrected chi connectivity index (χ4v) is 2.24. The van der Waals surface area contributed by atoms with Crippen molar-refractivity contribution in [3.63, 3.8) is 0 Å². The zero-order valence-electron chi connectivity index (χ0n) is 9.65. The quantitative estimate of drug-likeness (QED) is 0.631. The summed E-state index contributed by atoms with van der Waals surface area (Å²) in [5, 5.41) is 1.22. The second-order valence-corrected chi connectivity index (χ2v) is 5.03. The Hall–Kier alpha value is -1.04. The van der Waals surface area contributed by atoms with E-state index in [4.69, 9.17) is 4.74 Å². The Bertz CT molecular complexity index is 533. The Morgan fingerprint density at radius 1 is 1.41 bits per heavy atom. The maximum atomic E-state index is 11.0. The molecule has 0 fully saturated rings. The lowest BCUT2D eigenvalue weighted by Crippen LogP contribution is -2.09. The summed E-state index contributed by atoms with van der Waals surface area (Å²) in [6.45, 7) is 2.94. The molecule has 0 saturated heterocycles. The topological polar surface area (TPSA) is 31.2 Å². The van der Waals surface area contributed by atoms with E-state index in [0.29, 0.717) is 19.6 Å². The maximum Gasteiger partial charge on any atom is 0.305 e. The molecule has 4 heteroatoms. The van der Waals surface area contributed by atoms with Gasteiger partial charge in [0.05, 0.1) is 6.54 Å². The first-order valence-corrected chi connectivity index (χ1v) is 6.68. The minimum atomic E-state index is -0.143. The average molecular weight is 343 g/mol. The van der Waals surface area contributed by atoms with Crippen LogP contribution in [-0.4, -0.2) is 17.1 Å². The Morgan fingerprint density at radius 3 is 3.00 bits per heavy atom. The van der Waals surface area contributed by atoms with Gasteiger partial charge in [-0.3, -0.25) is 4.79 Å². The molecule has 0 amide bonds. The molecule has 0 saturated carbocycles. The van der Waals surface area contributed by atoms with Crippen LogP contribution in [0, 0.1) is 3.57 Å². The number of hydrogen-bond acceptors (Lipinski definition) is 2. The van der Waals surface area contributed by atoms with Gasteiger partial charge in [0.25, 0.3) is 0 Å². The zero-order valence-corrected chi connectivity index (χ0v) is 11.8. The lowest BCUT2D eigenvalue weighted by atomic mass is 10.2. The number of fused-ring (bicyclic) bond motifs is 1. The van der Waals surface area contributed by atoms with Crippen LogP contribution in [0.25, 0.3) is 10.9 Å². The van der Waals surface area contributed by atoms with E-state index in [2.05, 4.69) is 51.4 Å². The van der Waals surface area contributed by atoms with Gasteiger partial charge in [0.2, 0.25) is 0 Å². The van der Waals surface area contributed by atoms with Crippen molar-refractivity contribution in [3.05, 3.63) is 34.0 Å². The summed E-state index contributed by atoms with van der Waals surface area (Å²) in [6.07, 6.45) is 2.46. The van der Waals surface area contributed by atoms with Gasteiger partial charge in [-0.1, -0.05) is 6.92 Å². The minimum absolute atomic E-state index is 0.143. The van der Waals surface area contributed by atoms with Crippen LogP contribution < -0.4 is 0 Å². The third-order valence-corrected chi connectivity index (χ3v) is 3.29. The van der Waals surface area contributed by atoms with Crippen molar-refractivity contribution >= 4 is 39.5 Å². The Balaban J connectivity index is 2.06. The number of esters is 1. The molecule has 0 radical (unpaired) electrons. The van der Waals surface area contributed by atoms with E-state index in [0.717, 1.165) is 0 Å². The summed E-state index contributed by atoms with van der Waals surface area (Å²) in [4.78, 5) is 11.0. The van der Waals surface area contributed by atoms with Gasteiger partial charge < -0.3 is 9.30 Å². The van der Waals surface area contributed by atoms with Gasteiger partial charge in [-0.15, -0.1) is 0 Å². The number of carbonyl (C=O) groups is 1. The number of hydrogen-bond donors (Lipinski definition) is 0. The lowest BCUT2D eigenvalue weighted by Gasteiger charge is -2.06. The van der Waals surface area contributed by atoms with E-state index in [1.165, 1.54) is 14.5 Å². The van der Waals surface area contributed by atoms with Gasteiger partial charge in [-0.25, -0.2) is 0 Å².